The number of para-hydroxylation sites is 1. The number of aromatic hydroxyl groups is 1. The van der Waals surface area contributed by atoms with Crippen LogP contribution in [-0.4, -0.2) is 26.5 Å². The molecule has 0 bridgehead atoms. The molecule has 1 heterocycles. The van der Waals surface area contributed by atoms with Gasteiger partial charge in [0.15, 0.2) is 0 Å². The second-order valence-electron chi connectivity index (χ2n) is 5.92. The minimum Gasteiger partial charge on any atom is -0.508 e. The van der Waals surface area contributed by atoms with Crippen LogP contribution in [0.3, 0.4) is 0 Å². The monoisotopic (exact) mass is 307 g/mol. The summed E-state index contributed by atoms with van der Waals surface area (Å²) >= 11 is 0. The van der Waals surface area contributed by atoms with E-state index in [4.69, 9.17) is 4.74 Å². The van der Waals surface area contributed by atoms with Crippen LogP contribution in [0.5, 0.6) is 11.5 Å². The molecule has 3 aromatic rings. The molecule has 0 atom stereocenters. The molecule has 1 aliphatic carbocycles. The van der Waals surface area contributed by atoms with Crippen molar-refractivity contribution in [3.8, 4) is 17.2 Å². The van der Waals surface area contributed by atoms with E-state index in [2.05, 4.69) is 10.1 Å². The van der Waals surface area contributed by atoms with E-state index in [0.29, 0.717) is 12.4 Å². The van der Waals surface area contributed by atoms with Gasteiger partial charge in [-0.2, -0.15) is 5.10 Å². The number of phenolic OH excluding ortho intramolecular Hbond substituents is 1. The largest absolute Gasteiger partial charge is 0.508 e. The van der Waals surface area contributed by atoms with Gasteiger partial charge in [-0.3, -0.25) is 0 Å². The molecular weight excluding hydrogens is 290 g/mol. The Kier molecular flexibility index (Phi) is 3.26. The summed E-state index contributed by atoms with van der Waals surface area (Å²) in [6.07, 6.45) is 5.25. The lowest BCUT2D eigenvalue weighted by Crippen LogP contribution is -2.17. The summed E-state index contributed by atoms with van der Waals surface area (Å²) in [6, 6.07) is 15.3. The molecule has 0 unspecified atom stereocenters. The van der Waals surface area contributed by atoms with E-state index in [1.54, 1.807) is 17.1 Å². The van der Waals surface area contributed by atoms with Gasteiger partial charge in [-0.15, -0.1) is 0 Å². The van der Waals surface area contributed by atoms with Crippen LogP contribution in [0, 0.1) is 0 Å². The van der Waals surface area contributed by atoms with Gasteiger partial charge in [-0.1, -0.05) is 18.2 Å². The predicted molar refractivity (Wildman–Crippen MR) is 85.9 cm³/mol. The average Bonchev–Trinajstić information content (AvgIpc) is 3.17. The molecule has 1 aliphatic rings. The van der Waals surface area contributed by atoms with E-state index in [0.717, 1.165) is 29.8 Å². The van der Waals surface area contributed by atoms with Gasteiger partial charge in [0.05, 0.1) is 12.3 Å². The lowest BCUT2D eigenvalue weighted by atomic mass is 9.96. The van der Waals surface area contributed by atoms with Crippen LogP contribution < -0.4 is 4.74 Å². The minimum absolute atomic E-state index is 0.0457. The van der Waals surface area contributed by atoms with Crippen molar-refractivity contribution < 1.29 is 9.84 Å². The fraction of sp³-hybridized carbons (Fsp3) is 0.222. The van der Waals surface area contributed by atoms with Gasteiger partial charge in [-0.05, 0) is 43.2 Å². The van der Waals surface area contributed by atoms with Gasteiger partial charge in [0.1, 0.15) is 24.2 Å². The first-order valence-corrected chi connectivity index (χ1v) is 7.63. The normalized spacial score (nSPS) is 15.3. The van der Waals surface area contributed by atoms with Gasteiger partial charge in [-0.25, -0.2) is 9.67 Å². The van der Waals surface area contributed by atoms with E-state index in [-0.39, 0.29) is 5.41 Å². The highest BCUT2D eigenvalue weighted by molar-refractivity contribution is 5.43. The number of phenols is 1. The minimum atomic E-state index is -0.0457. The molecule has 0 spiro atoms. The van der Waals surface area contributed by atoms with Crippen LogP contribution in [0.1, 0.15) is 18.4 Å². The summed E-state index contributed by atoms with van der Waals surface area (Å²) in [5, 5.41) is 14.2. The van der Waals surface area contributed by atoms with Crippen LogP contribution in [0.4, 0.5) is 0 Å². The first kappa shape index (κ1) is 13.8. The Bertz CT molecular complexity index is 793. The first-order valence-electron chi connectivity index (χ1n) is 7.63. The van der Waals surface area contributed by atoms with Crippen molar-refractivity contribution in [1.29, 1.82) is 0 Å². The molecule has 4 rings (SSSR count). The number of aromatic nitrogens is 3. The van der Waals surface area contributed by atoms with Gasteiger partial charge in [0.2, 0.25) is 0 Å². The second kappa shape index (κ2) is 5.43. The summed E-state index contributed by atoms with van der Waals surface area (Å²) in [5.41, 5.74) is 1.88. The second-order valence-corrected chi connectivity index (χ2v) is 5.92. The molecular formula is C18H17N3O2. The quantitative estimate of drug-likeness (QED) is 0.787. The standard InChI is InChI=1S/C18H17N3O2/c22-17-4-2-1-3-16(17)18(9-10-18)11-23-15-7-5-14(6-8-15)21-13-19-12-20-21/h1-8,12-13,22H,9-11H2. The molecule has 1 fully saturated rings. The lowest BCUT2D eigenvalue weighted by molar-refractivity contribution is 0.274. The van der Waals surface area contributed by atoms with Crippen molar-refractivity contribution >= 4 is 0 Å². The maximum Gasteiger partial charge on any atom is 0.138 e. The molecule has 0 amide bonds. The Morgan fingerprint density at radius 3 is 2.52 bits per heavy atom. The van der Waals surface area contributed by atoms with Crippen LogP contribution >= 0.6 is 0 Å². The van der Waals surface area contributed by atoms with Gasteiger partial charge >= 0.3 is 0 Å². The smallest absolute Gasteiger partial charge is 0.138 e. The number of nitrogens with zero attached hydrogens (tertiary/aromatic N) is 3. The summed E-state index contributed by atoms with van der Waals surface area (Å²) in [7, 11) is 0. The zero-order valence-corrected chi connectivity index (χ0v) is 12.6. The SMILES string of the molecule is Oc1ccccc1C1(COc2ccc(-n3cncn3)cc2)CC1. The van der Waals surface area contributed by atoms with Crippen molar-refractivity contribution in [2.24, 2.45) is 0 Å². The predicted octanol–water partition coefficient (Wildman–Crippen LogP) is 3.08. The maximum atomic E-state index is 10.1. The van der Waals surface area contributed by atoms with Crippen LogP contribution in [0.25, 0.3) is 5.69 Å². The zero-order chi connectivity index (χ0) is 15.7. The first-order chi connectivity index (χ1) is 11.3. The summed E-state index contributed by atoms with van der Waals surface area (Å²) in [4.78, 5) is 3.94. The van der Waals surface area contributed by atoms with Crippen molar-refractivity contribution in [2.75, 3.05) is 6.61 Å². The van der Waals surface area contributed by atoms with Crippen molar-refractivity contribution in [1.82, 2.24) is 14.8 Å². The Hall–Kier alpha value is -2.82. The van der Waals surface area contributed by atoms with Gasteiger partial charge < -0.3 is 9.84 Å². The Balaban J connectivity index is 1.46. The highest BCUT2D eigenvalue weighted by Crippen LogP contribution is 2.51. The number of ether oxygens (including phenoxy) is 1. The molecule has 116 valence electrons. The third-order valence-electron chi connectivity index (χ3n) is 4.36. The van der Waals surface area contributed by atoms with Crippen LogP contribution in [0.15, 0.2) is 61.2 Å². The van der Waals surface area contributed by atoms with E-state index in [9.17, 15) is 5.11 Å². The van der Waals surface area contributed by atoms with Crippen molar-refractivity contribution in [2.45, 2.75) is 18.3 Å². The van der Waals surface area contributed by atoms with E-state index < -0.39 is 0 Å². The highest BCUT2D eigenvalue weighted by atomic mass is 16.5. The fourth-order valence-electron chi connectivity index (χ4n) is 2.82. The molecule has 0 radical (unpaired) electrons. The lowest BCUT2D eigenvalue weighted by Gasteiger charge is -2.18. The summed E-state index contributed by atoms with van der Waals surface area (Å²) in [5.74, 6) is 1.17. The third-order valence-corrected chi connectivity index (χ3v) is 4.36. The highest BCUT2D eigenvalue weighted by Gasteiger charge is 2.46. The molecule has 5 heteroatoms. The van der Waals surface area contributed by atoms with Gasteiger partial charge in [0.25, 0.3) is 0 Å². The molecule has 1 N–H and O–H groups in total. The van der Waals surface area contributed by atoms with E-state index in [1.807, 2.05) is 42.5 Å². The zero-order valence-electron chi connectivity index (χ0n) is 12.6. The van der Waals surface area contributed by atoms with Crippen LogP contribution in [-0.2, 0) is 5.41 Å². The summed E-state index contributed by atoms with van der Waals surface area (Å²) in [6.45, 7) is 0.577. The molecule has 23 heavy (non-hydrogen) atoms. The molecule has 1 saturated carbocycles. The Morgan fingerprint density at radius 1 is 1.09 bits per heavy atom. The maximum absolute atomic E-state index is 10.1. The van der Waals surface area contributed by atoms with Crippen LogP contribution in [0.2, 0.25) is 0 Å². The summed E-state index contributed by atoms with van der Waals surface area (Å²) < 4.78 is 7.66. The van der Waals surface area contributed by atoms with E-state index >= 15 is 0 Å². The molecule has 5 nitrogen and oxygen atoms in total. The fourth-order valence-corrected chi connectivity index (χ4v) is 2.82. The van der Waals surface area contributed by atoms with E-state index in [1.165, 1.54) is 6.33 Å². The van der Waals surface area contributed by atoms with Gasteiger partial charge in [0, 0.05) is 11.0 Å². The Morgan fingerprint density at radius 2 is 1.87 bits per heavy atom. The number of hydrogen-bond donors (Lipinski definition) is 1. The number of hydrogen-bond acceptors (Lipinski definition) is 4. The molecule has 2 aromatic carbocycles. The number of benzene rings is 2. The molecule has 0 aliphatic heterocycles. The third kappa shape index (κ3) is 2.65. The molecule has 1 aromatic heterocycles. The molecule has 0 saturated heterocycles. The van der Waals surface area contributed by atoms with Crippen molar-refractivity contribution in [3.63, 3.8) is 0 Å². The van der Waals surface area contributed by atoms with Crippen molar-refractivity contribution in [3.05, 3.63) is 66.7 Å². The Labute approximate surface area is 134 Å². The topological polar surface area (TPSA) is 60.2 Å². The average molecular weight is 307 g/mol. The number of rotatable bonds is 5.